The van der Waals surface area contributed by atoms with E-state index in [9.17, 15) is 9.59 Å². The maximum atomic E-state index is 12.4. The summed E-state index contributed by atoms with van der Waals surface area (Å²) in [5.41, 5.74) is 1.27. The lowest BCUT2D eigenvalue weighted by atomic mass is 9.65. The smallest absolute Gasteiger partial charge is 0.306 e. The van der Waals surface area contributed by atoms with Crippen LogP contribution in [0.5, 0.6) is 0 Å². The van der Waals surface area contributed by atoms with E-state index < -0.39 is 0 Å². The van der Waals surface area contributed by atoms with Gasteiger partial charge in [-0.3, -0.25) is 14.5 Å². The maximum Gasteiger partial charge on any atom is 0.306 e. The normalized spacial score (nSPS) is 32.4. The molecule has 1 aliphatic carbocycles. The zero-order chi connectivity index (χ0) is 16.6. The van der Waals surface area contributed by atoms with Crippen LogP contribution in [0.3, 0.4) is 0 Å². The van der Waals surface area contributed by atoms with Gasteiger partial charge in [0.1, 0.15) is 12.4 Å². The monoisotopic (exact) mass is 327 g/mol. The van der Waals surface area contributed by atoms with Crippen LogP contribution in [0, 0.1) is 11.8 Å². The third kappa shape index (κ3) is 2.88. The minimum atomic E-state index is -0.172. The van der Waals surface area contributed by atoms with Gasteiger partial charge >= 0.3 is 5.97 Å². The van der Waals surface area contributed by atoms with Crippen molar-refractivity contribution in [1.82, 2.24) is 4.90 Å². The molecule has 0 amide bonds. The van der Waals surface area contributed by atoms with E-state index in [2.05, 4.69) is 4.90 Å². The number of benzene rings is 1. The predicted molar refractivity (Wildman–Crippen MR) is 90.2 cm³/mol. The molecule has 3 atom stereocenters. The Labute approximate surface area is 143 Å². The van der Waals surface area contributed by atoms with E-state index in [1.165, 1.54) is 12.8 Å². The Morgan fingerprint density at radius 1 is 1.25 bits per heavy atom. The second-order valence-corrected chi connectivity index (χ2v) is 7.66. The summed E-state index contributed by atoms with van der Waals surface area (Å²) in [5, 5.41) is 0. The van der Waals surface area contributed by atoms with Gasteiger partial charge in [-0.2, -0.15) is 0 Å². The Morgan fingerprint density at radius 2 is 2.08 bits per heavy atom. The molecule has 1 aromatic rings. The van der Waals surface area contributed by atoms with Gasteiger partial charge in [0.15, 0.2) is 0 Å². The first kappa shape index (κ1) is 15.8. The number of ether oxygens (including phenoxy) is 1. The molecule has 128 valence electrons. The Morgan fingerprint density at radius 3 is 2.92 bits per heavy atom. The molecule has 2 aliphatic heterocycles. The zero-order valence-corrected chi connectivity index (χ0v) is 14.1. The first-order valence-corrected chi connectivity index (χ1v) is 9.14. The van der Waals surface area contributed by atoms with Crippen molar-refractivity contribution in [2.45, 2.75) is 50.7 Å². The average molecular weight is 327 g/mol. The average Bonchev–Trinajstić information content (AvgIpc) is 2.99. The van der Waals surface area contributed by atoms with E-state index >= 15 is 0 Å². The number of hydrogen-bond acceptors (Lipinski definition) is 4. The lowest BCUT2D eigenvalue weighted by Crippen LogP contribution is -2.58. The lowest BCUT2D eigenvalue weighted by Gasteiger charge is -2.51. The van der Waals surface area contributed by atoms with E-state index in [0.717, 1.165) is 31.5 Å². The second kappa shape index (κ2) is 6.32. The van der Waals surface area contributed by atoms with Gasteiger partial charge in [-0.25, -0.2) is 0 Å². The molecule has 0 aromatic heterocycles. The van der Waals surface area contributed by atoms with Crippen LogP contribution in [-0.4, -0.2) is 35.3 Å². The molecule has 4 heteroatoms. The minimum absolute atomic E-state index is 0.0670. The van der Waals surface area contributed by atoms with Gasteiger partial charge in [0.05, 0.1) is 6.42 Å². The summed E-state index contributed by atoms with van der Waals surface area (Å²) in [7, 11) is 0. The number of esters is 1. The van der Waals surface area contributed by atoms with Crippen LogP contribution < -0.4 is 0 Å². The molecule has 2 unspecified atom stereocenters. The molecule has 3 aliphatic rings. The van der Waals surface area contributed by atoms with Gasteiger partial charge in [0.2, 0.25) is 0 Å². The maximum absolute atomic E-state index is 12.4. The number of nitrogens with zero attached hydrogens (tertiary/aromatic N) is 1. The molecule has 24 heavy (non-hydrogen) atoms. The molecule has 2 heterocycles. The van der Waals surface area contributed by atoms with E-state index in [-0.39, 0.29) is 23.3 Å². The molecule has 0 N–H and O–H groups in total. The van der Waals surface area contributed by atoms with Gasteiger partial charge in [-0.05, 0) is 43.7 Å². The number of rotatable bonds is 4. The van der Waals surface area contributed by atoms with E-state index in [1.807, 2.05) is 30.3 Å². The van der Waals surface area contributed by atoms with E-state index in [4.69, 9.17) is 4.74 Å². The number of ketones is 1. The van der Waals surface area contributed by atoms with Gasteiger partial charge < -0.3 is 4.74 Å². The molecule has 4 nitrogen and oxygen atoms in total. The Balaban J connectivity index is 1.38. The Kier molecular flexibility index (Phi) is 4.17. The molecule has 1 aromatic carbocycles. The van der Waals surface area contributed by atoms with E-state index in [0.29, 0.717) is 25.2 Å². The van der Waals surface area contributed by atoms with Crippen molar-refractivity contribution in [1.29, 1.82) is 0 Å². The van der Waals surface area contributed by atoms with Crippen molar-refractivity contribution in [2.75, 3.05) is 13.1 Å². The number of carbonyl (C=O) groups is 2. The summed E-state index contributed by atoms with van der Waals surface area (Å²) in [6.45, 7) is 2.33. The molecule has 2 saturated heterocycles. The van der Waals surface area contributed by atoms with Gasteiger partial charge in [0, 0.05) is 24.4 Å². The quantitative estimate of drug-likeness (QED) is 0.798. The third-order valence-corrected chi connectivity index (χ3v) is 6.29. The van der Waals surface area contributed by atoms with Crippen molar-refractivity contribution in [3.05, 3.63) is 35.9 Å². The summed E-state index contributed by atoms with van der Waals surface area (Å²) in [5.74, 6) is 0.395. The summed E-state index contributed by atoms with van der Waals surface area (Å²) >= 11 is 0. The fourth-order valence-corrected chi connectivity index (χ4v) is 5.02. The molecule has 4 rings (SSSR count). The zero-order valence-electron chi connectivity index (χ0n) is 14.1. The topological polar surface area (TPSA) is 46.6 Å². The third-order valence-electron chi connectivity index (χ3n) is 6.29. The van der Waals surface area contributed by atoms with Gasteiger partial charge in [0.25, 0.3) is 0 Å². The summed E-state index contributed by atoms with van der Waals surface area (Å²) in [6, 6.07) is 9.74. The van der Waals surface area contributed by atoms with Crippen molar-refractivity contribution >= 4 is 11.8 Å². The molecular weight excluding hydrogens is 302 g/mol. The first-order chi connectivity index (χ1) is 11.7. The van der Waals surface area contributed by atoms with Crippen LogP contribution in [0.2, 0.25) is 0 Å². The highest BCUT2D eigenvalue weighted by Gasteiger charge is 2.53. The van der Waals surface area contributed by atoms with Crippen LogP contribution in [0.4, 0.5) is 0 Å². The number of fused-ring (bicyclic) bond motifs is 1. The number of hydrogen-bond donors (Lipinski definition) is 0. The largest absolute Gasteiger partial charge is 0.461 e. The van der Waals surface area contributed by atoms with Crippen molar-refractivity contribution in [3.63, 3.8) is 0 Å². The van der Waals surface area contributed by atoms with Crippen LogP contribution in [0.15, 0.2) is 30.3 Å². The highest BCUT2D eigenvalue weighted by molar-refractivity contribution is 5.83. The van der Waals surface area contributed by atoms with Crippen molar-refractivity contribution in [2.24, 2.45) is 11.8 Å². The minimum Gasteiger partial charge on any atom is -0.461 e. The summed E-state index contributed by atoms with van der Waals surface area (Å²) < 4.78 is 5.44. The van der Waals surface area contributed by atoms with Crippen molar-refractivity contribution < 1.29 is 14.3 Å². The van der Waals surface area contributed by atoms with Crippen LogP contribution in [0.25, 0.3) is 0 Å². The fraction of sp³-hybridized carbons (Fsp3) is 0.600. The van der Waals surface area contributed by atoms with Gasteiger partial charge in [-0.1, -0.05) is 30.3 Å². The lowest BCUT2D eigenvalue weighted by molar-refractivity contribution is -0.150. The first-order valence-electron chi connectivity index (χ1n) is 9.14. The fourth-order valence-electron chi connectivity index (χ4n) is 5.02. The molecule has 1 saturated carbocycles. The van der Waals surface area contributed by atoms with Crippen molar-refractivity contribution in [3.8, 4) is 0 Å². The molecule has 0 radical (unpaired) electrons. The van der Waals surface area contributed by atoms with Crippen LogP contribution >= 0.6 is 0 Å². The molecule has 1 spiro atoms. The van der Waals surface area contributed by atoms with Crippen LogP contribution in [-0.2, 0) is 20.9 Å². The number of piperidine rings is 1. The summed E-state index contributed by atoms with van der Waals surface area (Å²) in [6.07, 6.45) is 5.50. The highest BCUT2D eigenvalue weighted by atomic mass is 16.5. The second-order valence-electron chi connectivity index (χ2n) is 7.66. The molecular formula is C20H25NO3. The Bertz CT molecular complexity index is 629. The predicted octanol–water partition coefficient (Wildman–Crippen LogP) is 2.95. The standard InChI is InChI=1S/C20H25NO3/c22-18-7-9-20-8-4-10-21(20)13-16(17(18)12-20)11-19(23)24-14-15-5-2-1-3-6-15/h1-3,5-6,16-17H,4,7-14H2/t16-,17?,20?/m1/s1. The summed E-state index contributed by atoms with van der Waals surface area (Å²) in [4.78, 5) is 27.2. The highest BCUT2D eigenvalue weighted by Crippen LogP contribution is 2.49. The molecule has 3 fully saturated rings. The molecule has 2 bridgehead atoms. The van der Waals surface area contributed by atoms with Gasteiger partial charge in [-0.15, -0.1) is 0 Å². The van der Waals surface area contributed by atoms with E-state index in [1.54, 1.807) is 0 Å². The number of carbonyl (C=O) groups excluding carboxylic acids is 2. The SMILES string of the molecule is O=C(C[C@@H]1CN2CCCC23CCC(=O)C1C3)OCc1ccccc1. The van der Waals surface area contributed by atoms with Crippen LogP contribution in [0.1, 0.15) is 44.1 Å². The Hall–Kier alpha value is -1.68. The number of Topliss-reactive ketones (excluding diaryl/α,β-unsaturated/α-hetero) is 1.